The number of ether oxygens (including phenoxy) is 2. The van der Waals surface area contributed by atoms with Crippen LogP contribution in [-0.2, 0) is 9.47 Å². The van der Waals surface area contributed by atoms with Gasteiger partial charge in [-0.2, -0.15) is 0 Å². The van der Waals surface area contributed by atoms with Gasteiger partial charge in [-0.3, -0.25) is 0 Å². The van der Waals surface area contributed by atoms with Gasteiger partial charge < -0.3 is 29.9 Å². The molecule has 186 valence electrons. The van der Waals surface area contributed by atoms with Crippen molar-refractivity contribution in [3.8, 4) is 0 Å². The summed E-state index contributed by atoms with van der Waals surface area (Å²) in [4.78, 5) is 0. The van der Waals surface area contributed by atoms with Gasteiger partial charge in [0.2, 0.25) is 0 Å². The van der Waals surface area contributed by atoms with Crippen LogP contribution in [0.1, 0.15) is 72.6 Å². The molecule has 2 saturated heterocycles. The lowest BCUT2D eigenvalue weighted by atomic mass is 9.44. The molecule has 6 aliphatic rings. The first-order chi connectivity index (χ1) is 15.5. The van der Waals surface area contributed by atoms with E-state index >= 15 is 0 Å². The van der Waals surface area contributed by atoms with Crippen LogP contribution in [0.2, 0.25) is 0 Å². The number of hydrogen-bond donors (Lipinski definition) is 4. The first-order valence-electron chi connectivity index (χ1n) is 13.3. The summed E-state index contributed by atoms with van der Waals surface area (Å²) >= 11 is 0. The van der Waals surface area contributed by atoms with Gasteiger partial charge >= 0.3 is 0 Å². The Bertz CT molecular complexity index is 850. The normalized spacial score (nSPS) is 62.3. The Labute approximate surface area is 197 Å². The molecule has 3 saturated carbocycles. The number of rotatable bonds is 0. The van der Waals surface area contributed by atoms with E-state index in [-0.39, 0.29) is 23.7 Å². The average molecular weight is 463 g/mol. The molecule has 0 aromatic rings. The van der Waals surface area contributed by atoms with Crippen molar-refractivity contribution in [2.75, 3.05) is 6.61 Å². The zero-order chi connectivity index (χ0) is 23.6. The molecule has 4 aliphatic carbocycles. The largest absolute Gasteiger partial charge is 0.393 e. The molecule has 6 heteroatoms. The molecule has 0 aromatic carbocycles. The highest BCUT2D eigenvalue weighted by molar-refractivity contribution is 5.32. The van der Waals surface area contributed by atoms with E-state index in [9.17, 15) is 20.4 Å². The molecule has 0 radical (unpaired) electrons. The molecule has 0 aromatic heterocycles. The van der Waals surface area contributed by atoms with Crippen LogP contribution in [0.25, 0.3) is 0 Å². The summed E-state index contributed by atoms with van der Waals surface area (Å²) in [5.74, 6) is -0.0731. The van der Waals surface area contributed by atoms with Crippen molar-refractivity contribution >= 4 is 0 Å². The lowest BCUT2D eigenvalue weighted by Gasteiger charge is -2.63. The van der Waals surface area contributed by atoms with E-state index < -0.39 is 46.6 Å². The van der Waals surface area contributed by atoms with Gasteiger partial charge in [0, 0.05) is 35.5 Å². The van der Waals surface area contributed by atoms with E-state index in [1.54, 1.807) is 0 Å². The number of fused-ring (bicyclic) bond motifs is 7. The second kappa shape index (κ2) is 7.04. The van der Waals surface area contributed by atoms with Gasteiger partial charge in [0.15, 0.2) is 5.79 Å². The molecular formula is C27H42O6. The van der Waals surface area contributed by atoms with Crippen molar-refractivity contribution in [1.29, 1.82) is 0 Å². The summed E-state index contributed by atoms with van der Waals surface area (Å²) in [6.07, 6.45) is 4.83. The summed E-state index contributed by atoms with van der Waals surface area (Å²) < 4.78 is 13.0. The Morgan fingerprint density at radius 2 is 1.79 bits per heavy atom. The molecule has 4 N–H and O–H groups in total. The minimum atomic E-state index is -1.27. The molecule has 2 heterocycles. The van der Waals surface area contributed by atoms with E-state index in [0.717, 1.165) is 31.3 Å². The molecule has 2 aliphatic heterocycles. The van der Waals surface area contributed by atoms with Gasteiger partial charge in [-0.1, -0.05) is 39.3 Å². The summed E-state index contributed by atoms with van der Waals surface area (Å²) in [6.45, 7) is 9.37. The Kier molecular flexibility index (Phi) is 4.89. The highest BCUT2D eigenvalue weighted by Gasteiger charge is 2.78. The fourth-order valence-corrected chi connectivity index (χ4v) is 9.70. The minimum Gasteiger partial charge on any atom is -0.393 e. The third kappa shape index (κ3) is 2.61. The van der Waals surface area contributed by atoms with Gasteiger partial charge in [-0.25, -0.2) is 0 Å². The van der Waals surface area contributed by atoms with Gasteiger partial charge in [0.1, 0.15) is 11.7 Å². The third-order valence-electron chi connectivity index (χ3n) is 11.7. The summed E-state index contributed by atoms with van der Waals surface area (Å²) in [5.41, 5.74) is -1.09. The van der Waals surface area contributed by atoms with Crippen molar-refractivity contribution in [2.45, 2.75) is 108 Å². The molecule has 5 fully saturated rings. The standard InChI is InChI=1S/C27H42O6/c1-14-7-10-26(32-13-14)15(2)21-22(33-26)23(30)27(31)19-6-5-16-11-17(28)12-20(29)25(16,4)18(19)8-9-24(21,27)3/h5,14-15,17-23,28-31H,6-13H2,1-4H3/t14-,15+,17-,18+,19-,20-,21+,22-,23+,24-,25+,26-,27+/m1/s1. The first kappa shape index (κ1) is 22.9. The average Bonchev–Trinajstić information content (AvgIpc) is 3.14. The van der Waals surface area contributed by atoms with Gasteiger partial charge in [-0.15, -0.1) is 0 Å². The number of aliphatic hydroxyl groups is 4. The Hall–Kier alpha value is -0.500. The topological polar surface area (TPSA) is 99.4 Å². The SMILES string of the molecule is C[C@@H]1CC[C@@]2(OC1)O[C@@H]1[C@H]([C@@H]2C)[C@@]2(C)CC[C@H]3[C@@H](CC=C4C[C@@H](O)C[C@@H](O)[C@@]43C)[C@]2(O)[C@H]1O. The van der Waals surface area contributed by atoms with Gasteiger partial charge in [-0.05, 0) is 49.9 Å². The van der Waals surface area contributed by atoms with Crippen molar-refractivity contribution in [3.63, 3.8) is 0 Å². The van der Waals surface area contributed by atoms with Crippen LogP contribution >= 0.6 is 0 Å². The zero-order valence-corrected chi connectivity index (χ0v) is 20.5. The fourth-order valence-electron chi connectivity index (χ4n) is 9.70. The smallest absolute Gasteiger partial charge is 0.171 e. The fraction of sp³-hybridized carbons (Fsp3) is 0.926. The molecule has 6 nitrogen and oxygen atoms in total. The van der Waals surface area contributed by atoms with Crippen LogP contribution in [0.3, 0.4) is 0 Å². The molecule has 6 rings (SSSR count). The predicted octanol–water partition coefficient (Wildman–Crippen LogP) is 2.77. The Balaban J connectivity index is 1.37. The maximum Gasteiger partial charge on any atom is 0.171 e. The Morgan fingerprint density at radius 1 is 1.03 bits per heavy atom. The summed E-state index contributed by atoms with van der Waals surface area (Å²) in [7, 11) is 0. The van der Waals surface area contributed by atoms with Crippen molar-refractivity contribution in [1.82, 2.24) is 0 Å². The highest BCUT2D eigenvalue weighted by atomic mass is 16.7. The lowest BCUT2D eigenvalue weighted by molar-refractivity contribution is -0.297. The van der Waals surface area contributed by atoms with Crippen LogP contribution in [0.4, 0.5) is 0 Å². The van der Waals surface area contributed by atoms with E-state index in [4.69, 9.17) is 9.47 Å². The molecule has 0 bridgehead atoms. The zero-order valence-electron chi connectivity index (χ0n) is 20.5. The van der Waals surface area contributed by atoms with E-state index in [2.05, 4.69) is 33.8 Å². The molecular weight excluding hydrogens is 420 g/mol. The summed E-state index contributed by atoms with van der Waals surface area (Å²) in [6, 6.07) is 0. The van der Waals surface area contributed by atoms with Crippen LogP contribution in [0.15, 0.2) is 11.6 Å². The maximum atomic E-state index is 12.5. The van der Waals surface area contributed by atoms with E-state index in [1.807, 2.05) is 0 Å². The molecule has 13 atom stereocenters. The lowest BCUT2D eigenvalue weighted by Crippen LogP contribution is -2.67. The Morgan fingerprint density at radius 3 is 2.48 bits per heavy atom. The molecule has 1 spiro atoms. The predicted molar refractivity (Wildman–Crippen MR) is 122 cm³/mol. The van der Waals surface area contributed by atoms with Gasteiger partial charge in [0.05, 0.1) is 24.9 Å². The van der Waals surface area contributed by atoms with Crippen LogP contribution in [-0.4, -0.2) is 62.8 Å². The van der Waals surface area contributed by atoms with Crippen LogP contribution in [0, 0.1) is 40.4 Å². The second-order valence-electron chi connectivity index (χ2n) is 13.0. The minimum absolute atomic E-state index is 0.0307. The first-order valence-corrected chi connectivity index (χ1v) is 13.3. The van der Waals surface area contributed by atoms with Crippen molar-refractivity contribution in [2.24, 2.45) is 40.4 Å². The second-order valence-corrected chi connectivity index (χ2v) is 13.0. The third-order valence-corrected chi connectivity index (χ3v) is 11.7. The monoisotopic (exact) mass is 462 g/mol. The molecule has 0 unspecified atom stereocenters. The quantitative estimate of drug-likeness (QED) is 0.413. The molecule has 33 heavy (non-hydrogen) atoms. The van der Waals surface area contributed by atoms with E-state index in [0.29, 0.717) is 31.8 Å². The van der Waals surface area contributed by atoms with Crippen molar-refractivity contribution in [3.05, 3.63) is 11.6 Å². The van der Waals surface area contributed by atoms with Crippen molar-refractivity contribution < 1.29 is 29.9 Å². The molecule has 0 amide bonds. The van der Waals surface area contributed by atoms with Crippen LogP contribution < -0.4 is 0 Å². The van der Waals surface area contributed by atoms with E-state index in [1.165, 1.54) is 0 Å². The summed E-state index contributed by atoms with van der Waals surface area (Å²) in [5, 5.41) is 45.7. The number of hydrogen-bond acceptors (Lipinski definition) is 6. The highest BCUT2D eigenvalue weighted by Crippen LogP contribution is 2.72. The number of allylic oxidation sites excluding steroid dienone is 1. The number of aliphatic hydroxyl groups excluding tert-OH is 3. The van der Waals surface area contributed by atoms with Gasteiger partial charge in [0.25, 0.3) is 0 Å². The van der Waals surface area contributed by atoms with Crippen LogP contribution in [0.5, 0.6) is 0 Å². The maximum absolute atomic E-state index is 12.5.